The van der Waals surface area contributed by atoms with Crippen molar-refractivity contribution in [3.8, 4) is 0 Å². The van der Waals surface area contributed by atoms with Crippen LogP contribution in [0.3, 0.4) is 0 Å². The van der Waals surface area contributed by atoms with E-state index >= 15 is 0 Å². The lowest BCUT2D eigenvalue weighted by molar-refractivity contribution is 0.00578. The summed E-state index contributed by atoms with van der Waals surface area (Å²) in [5, 5.41) is 1.19. The predicted octanol–water partition coefficient (Wildman–Crippen LogP) is 3.24. The van der Waals surface area contributed by atoms with Crippen LogP contribution in [0, 0.1) is 0 Å². The minimum Gasteiger partial charge on any atom is -0.398 e. The average molecular weight is 336 g/mol. The van der Waals surface area contributed by atoms with Crippen molar-refractivity contribution in [1.29, 1.82) is 0 Å². The molecule has 3 rings (SSSR count). The third kappa shape index (κ3) is 1.95. The van der Waals surface area contributed by atoms with Crippen LogP contribution in [-0.4, -0.2) is 22.9 Å². The van der Waals surface area contributed by atoms with Gasteiger partial charge >= 0.3 is 7.12 Å². The molecule has 0 radical (unpaired) electrons. The molecule has 0 amide bonds. The molecule has 0 saturated carbocycles. The van der Waals surface area contributed by atoms with Crippen molar-refractivity contribution in [1.82, 2.24) is 4.57 Å². The molecular weight excluding hydrogens is 317 g/mol. The fourth-order valence-corrected chi connectivity index (χ4v) is 3.23. The van der Waals surface area contributed by atoms with Gasteiger partial charge in [0.15, 0.2) is 0 Å². The Balaban J connectivity index is 2.09. The van der Waals surface area contributed by atoms with Crippen molar-refractivity contribution >= 4 is 39.5 Å². The van der Waals surface area contributed by atoms with Crippen LogP contribution < -0.4 is 5.59 Å². The molecule has 5 heteroatoms. The van der Waals surface area contributed by atoms with E-state index in [-0.39, 0.29) is 18.3 Å². The van der Waals surface area contributed by atoms with Crippen molar-refractivity contribution in [3.05, 3.63) is 28.7 Å². The van der Waals surface area contributed by atoms with E-state index in [1.165, 1.54) is 5.39 Å². The highest BCUT2D eigenvalue weighted by Crippen LogP contribution is 2.37. The number of hydrogen-bond acceptors (Lipinski definition) is 2. The van der Waals surface area contributed by atoms with Crippen LogP contribution in [0.5, 0.6) is 0 Å². The van der Waals surface area contributed by atoms with Crippen LogP contribution in [0.1, 0.15) is 27.7 Å². The van der Waals surface area contributed by atoms with Gasteiger partial charge in [-0.3, -0.25) is 0 Å². The summed E-state index contributed by atoms with van der Waals surface area (Å²) in [7, 11) is 1.72. The van der Waals surface area contributed by atoms with Crippen molar-refractivity contribution in [2.75, 3.05) is 0 Å². The molecule has 0 bridgehead atoms. The van der Waals surface area contributed by atoms with Gasteiger partial charge in [-0.25, -0.2) is 0 Å². The first-order chi connectivity index (χ1) is 9.23. The SMILES string of the molecule is Cn1c(B2OC(C)(C)C(C)(C)O2)cc2cccc(Br)c21. The van der Waals surface area contributed by atoms with E-state index < -0.39 is 0 Å². The number of rotatable bonds is 1. The molecule has 1 aliphatic rings. The molecule has 0 N–H and O–H groups in total. The molecule has 1 aliphatic heterocycles. The molecule has 0 spiro atoms. The molecule has 1 aromatic heterocycles. The van der Waals surface area contributed by atoms with Crippen LogP contribution >= 0.6 is 15.9 Å². The molecule has 2 heterocycles. The third-order valence-electron chi connectivity index (χ3n) is 4.54. The molecule has 0 unspecified atom stereocenters. The number of benzene rings is 1. The average Bonchev–Trinajstić information content (AvgIpc) is 2.76. The summed E-state index contributed by atoms with van der Waals surface area (Å²) in [4.78, 5) is 0. The quantitative estimate of drug-likeness (QED) is 0.747. The van der Waals surface area contributed by atoms with E-state index in [4.69, 9.17) is 9.31 Å². The lowest BCUT2D eigenvalue weighted by Gasteiger charge is -2.32. The second-order valence-electron chi connectivity index (χ2n) is 6.39. The molecule has 106 valence electrons. The van der Waals surface area contributed by atoms with E-state index in [1.54, 1.807) is 0 Å². The van der Waals surface area contributed by atoms with Gasteiger partial charge < -0.3 is 13.9 Å². The van der Waals surface area contributed by atoms with E-state index in [9.17, 15) is 0 Å². The van der Waals surface area contributed by atoms with E-state index in [0.717, 1.165) is 15.6 Å². The Kier molecular flexibility index (Phi) is 3.09. The first-order valence-electron chi connectivity index (χ1n) is 6.82. The zero-order valence-corrected chi connectivity index (χ0v) is 14.1. The van der Waals surface area contributed by atoms with Crippen molar-refractivity contribution in [2.24, 2.45) is 7.05 Å². The molecular formula is C15H19BBrNO2. The predicted molar refractivity (Wildman–Crippen MR) is 86.3 cm³/mol. The molecule has 3 nitrogen and oxygen atoms in total. The molecule has 1 aromatic carbocycles. The van der Waals surface area contributed by atoms with Crippen LogP contribution in [0.25, 0.3) is 10.9 Å². The molecule has 2 aromatic rings. The summed E-state index contributed by atoms with van der Waals surface area (Å²) in [5.74, 6) is 0. The number of halogens is 1. The maximum atomic E-state index is 6.14. The van der Waals surface area contributed by atoms with Crippen LogP contribution in [0.2, 0.25) is 0 Å². The van der Waals surface area contributed by atoms with Gasteiger partial charge in [0.05, 0.1) is 16.7 Å². The van der Waals surface area contributed by atoms with Gasteiger partial charge in [0.2, 0.25) is 0 Å². The van der Waals surface area contributed by atoms with Crippen LogP contribution in [0.15, 0.2) is 28.7 Å². The number of nitrogens with zero attached hydrogens (tertiary/aromatic N) is 1. The largest absolute Gasteiger partial charge is 0.512 e. The second-order valence-corrected chi connectivity index (χ2v) is 7.25. The lowest BCUT2D eigenvalue weighted by Crippen LogP contribution is -2.41. The van der Waals surface area contributed by atoms with Gasteiger partial charge in [0.1, 0.15) is 0 Å². The summed E-state index contributed by atoms with van der Waals surface area (Å²) in [6, 6.07) is 8.34. The maximum Gasteiger partial charge on any atom is 0.512 e. The number of para-hydroxylation sites is 1. The van der Waals surface area contributed by atoms with Crippen molar-refractivity contribution in [3.63, 3.8) is 0 Å². The Bertz CT molecular complexity index is 662. The van der Waals surface area contributed by atoms with Gasteiger partial charge in [0.25, 0.3) is 0 Å². The summed E-state index contributed by atoms with van der Waals surface area (Å²) in [5.41, 5.74) is 1.58. The van der Waals surface area contributed by atoms with Gasteiger partial charge in [-0.1, -0.05) is 12.1 Å². The fourth-order valence-electron chi connectivity index (χ4n) is 2.58. The van der Waals surface area contributed by atoms with E-state index in [1.807, 2.05) is 13.1 Å². The van der Waals surface area contributed by atoms with Crippen molar-refractivity contribution < 1.29 is 9.31 Å². The smallest absolute Gasteiger partial charge is 0.398 e. The highest BCUT2D eigenvalue weighted by Gasteiger charge is 2.52. The van der Waals surface area contributed by atoms with E-state index in [0.29, 0.717) is 0 Å². The number of aryl methyl sites for hydroxylation is 1. The van der Waals surface area contributed by atoms with Crippen molar-refractivity contribution in [2.45, 2.75) is 38.9 Å². The Morgan fingerprint density at radius 2 is 1.70 bits per heavy atom. The molecule has 0 aliphatic carbocycles. The third-order valence-corrected chi connectivity index (χ3v) is 5.18. The summed E-state index contributed by atoms with van der Waals surface area (Å²) >= 11 is 3.61. The van der Waals surface area contributed by atoms with Crippen LogP contribution in [0.4, 0.5) is 0 Å². The minimum atomic E-state index is -0.329. The van der Waals surface area contributed by atoms with E-state index in [2.05, 4.69) is 66.4 Å². The zero-order chi connectivity index (χ0) is 14.7. The Morgan fingerprint density at radius 3 is 2.25 bits per heavy atom. The molecule has 20 heavy (non-hydrogen) atoms. The number of hydrogen-bond donors (Lipinski definition) is 0. The molecule has 1 fully saturated rings. The summed E-state index contributed by atoms with van der Waals surface area (Å²) in [6.45, 7) is 8.30. The standard InChI is InChI=1S/C15H19BBrNO2/c1-14(2)15(3,4)20-16(19-14)12-9-10-7-6-8-11(17)13(10)18(12)5/h6-9H,1-5H3. The second kappa shape index (κ2) is 4.36. The highest BCUT2D eigenvalue weighted by molar-refractivity contribution is 9.10. The zero-order valence-electron chi connectivity index (χ0n) is 12.5. The Labute approximate surface area is 128 Å². The highest BCUT2D eigenvalue weighted by atomic mass is 79.9. The van der Waals surface area contributed by atoms with Gasteiger partial charge in [-0.15, -0.1) is 0 Å². The minimum absolute atomic E-state index is 0.314. The van der Waals surface area contributed by atoms with Crippen LogP contribution in [-0.2, 0) is 16.4 Å². The number of aromatic nitrogens is 1. The topological polar surface area (TPSA) is 23.4 Å². The maximum absolute atomic E-state index is 6.14. The lowest BCUT2D eigenvalue weighted by atomic mass is 9.84. The monoisotopic (exact) mass is 335 g/mol. The van der Waals surface area contributed by atoms with Gasteiger partial charge in [-0.05, 0) is 55.8 Å². The Hall–Kier alpha value is -0.775. The fraction of sp³-hybridized carbons (Fsp3) is 0.467. The van der Waals surface area contributed by atoms with Gasteiger partial charge in [0, 0.05) is 22.5 Å². The normalized spacial score (nSPS) is 20.8. The Morgan fingerprint density at radius 1 is 1.10 bits per heavy atom. The number of fused-ring (bicyclic) bond motifs is 1. The summed E-state index contributed by atoms with van der Waals surface area (Å²) < 4.78 is 15.5. The molecule has 0 atom stereocenters. The summed E-state index contributed by atoms with van der Waals surface area (Å²) in [6.07, 6.45) is 0. The first kappa shape index (κ1) is 14.2. The van der Waals surface area contributed by atoms with Gasteiger partial charge in [-0.2, -0.15) is 0 Å². The first-order valence-corrected chi connectivity index (χ1v) is 7.62. The molecule has 1 saturated heterocycles.